The minimum Gasteiger partial charge on any atom is -0.300 e. The summed E-state index contributed by atoms with van der Waals surface area (Å²) in [4.78, 5) is 11.1. The van der Waals surface area contributed by atoms with Gasteiger partial charge in [-0.1, -0.05) is 48.3 Å². The minimum atomic E-state index is 0.176. The van der Waals surface area contributed by atoms with Gasteiger partial charge in [0.15, 0.2) is 0 Å². The fourth-order valence-electron chi connectivity index (χ4n) is 2.31. The van der Waals surface area contributed by atoms with Gasteiger partial charge >= 0.3 is 0 Å². The van der Waals surface area contributed by atoms with Crippen LogP contribution in [0.2, 0.25) is 0 Å². The van der Waals surface area contributed by atoms with Gasteiger partial charge in [-0.05, 0) is 55.7 Å². The van der Waals surface area contributed by atoms with Gasteiger partial charge in [0.1, 0.15) is 5.78 Å². The monoisotopic (exact) mass is 288 g/mol. The standard InChI is InChI=1S/C21H20O/c1-4-6-21-16(2)7-5-8-20(21)14-13-18-9-11-19(12-10-18)15-17(3)22/h4-12H,15H2,1-3H3/b6-4-. The number of allylic oxidation sites excluding steroid dienone is 1. The van der Waals surface area contributed by atoms with E-state index in [-0.39, 0.29) is 5.78 Å². The molecule has 0 aliphatic rings. The predicted octanol–water partition coefficient (Wildman–Crippen LogP) is 4.56. The maximum absolute atomic E-state index is 11.1. The lowest BCUT2D eigenvalue weighted by molar-refractivity contribution is -0.116. The highest BCUT2D eigenvalue weighted by Crippen LogP contribution is 2.15. The molecule has 2 rings (SSSR count). The molecule has 0 atom stereocenters. The number of rotatable bonds is 3. The van der Waals surface area contributed by atoms with Gasteiger partial charge in [-0.15, -0.1) is 0 Å². The van der Waals surface area contributed by atoms with Crippen LogP contribution >= 0.6 is 0 Å². The summed E-state index contributed by atoms with van der Waals surface area (Å²) in [5.74, 6) is 6.62. The highest BCUT2D eigenvalue weighted by Gasteiger charge is 2.00. The number of hydrogen-bond donors (Lipinski definition) is 0. The van der Waals surface area contributed by atoms with E-state index in [1.807, 2.05) is 49.4 Å². The molecule has 0 saturated carbocycles. The number of ketones is 1. The van der Waals surface area contributed by atoms with Crippen LogP contribution in [-0.4, -0.2) is 5.78 Å². The predicted molar refractivity (Wildman–Crippen MR) is 92.7 cm³/mol. The van der Waals surface area contributed by atoms with Crippen molar-refractivity contribution in [1.82, 2.24) is 0 Å². The number of carbonyl (C=O) groups excluding carboxylic acids is 1. The Kier molecular flexibility index (Phi) is 5.33. The van der Waals surface area contributed by atoms with Crippen molar-refractivity contribution in [2.75, 3.05) is 0 Å². The van der Waals surface area contributed by atoms with Gasteiger partial charge in [-0.25, -0.2) is 0 Å². The lowest BCUT2D eigenvalue weighted by atomic mass is 10.0. The van der Waals surface area contributed by atoms with Gasteiger partial charge in [0.05, 0.1) is 0 Å². The average Bonchev–Trinajstić information content (AvgIpc) is 2.49. The van der Waals surface area contributed by atoms with E-state index in [1.54, 1.807) is 6.92 Å². The molecule has 0 aromatic heterocycles. The second-order valence-electron chi connectivity index (χ2n) is 5.36. The number of benzene rings is 2. The first-order chi connectivity index (χ1) is 10.6. The van der Waals surface area contributed by atoms with Crippen molar-refractivity contribution in [3.05, 3.63) is 76.4 Å². The Balaban J connectivity index is 2.27. The SMILES string of the molecule is C/C=C\c1c(C)cccc1C#Cc1ccc(CC(C)=O)cc1. The molecule has 22 heavy (non-hydrogen) atoms. The van der Waals surface area contributed by atoms with Crippen molar-refractivity contribution in [3.8, 4) is 11.8 Å². The van der Waals surface area contributed by atoms with E-state index in [0.717, 1.165) is 16.7 Å². The second-order valence-corrected chi connectivity index (χ2v) is 5.36. The molecule has 0 aliphatic carbocycles. The number of Topliss-reactive ketones (excluding diaryl/α,β-unsaturated/α-hetero) is 1. The van der Waals surface area contributed by atoms with Crippen LogP contribution in [-0.2, 0) is 11.2 Å². The van der Waals surface area contributed by atoms with E-state index < -0.39 is 0 Å². The molecule has 110 valence electrons. The maximum atomic E-state index is 11.1. The molecule has 0 amide bonds. The third-order valence-corrected chi connectivity index (χ3v) is 3.41. The van der Waals surface area contributed by atoms with Gasteiger partial charge in [0.25, 0.3) is 0 Å². The van der Waals surface area contributed by atoms with Crippen LogP contribution in [0.25, 0.3) is 6.08 Å². The molecule has 0 heterocycles. The molecule has 1 nitrogen and oxygen atoms in total. The smallest absolute Gasteiger partial charge is 0.134 e. The van der Waals surface area contributed by atoms with Crippen molar-refractivity contribution in [1.29, 1.82) is 0 Å². The largest absolute Gasteiger partial charge is 0.300 e. The first-order valence-electron chi connectivity index (χ1n) is 7.43. The topological polar surface area (TPSA) is 17.1 Å². The van der Waals surface area contributed by atoms with Crippen molar-refractivity contribution in [2.45, 2.75) is 27.2 Å². The Hall–Kier alpha value is -2.59. The zero-order chi connectivity index (χ0) is 15.9. The molecule has 0 N–H and O–H groups in total. The molecule has 0 unspecified atom stereocenters. The molecule has 0 bridgehead atoms. The Morgan fingerprint density at radius 3 is 2.45 bits per heavy atom. The normalized spacial score (nSPS) is 10.3. The van der Waals surface area contributed by atoms with E-state index in [4.69, 9.17) is 0 Å². The summed E-state index contributed by atoms with van der Waals surface area (Å²) in [5, 5.41) is 0. The van der Waals surface area contributed by atoms with Crippen molar-refractivity contribution >= 4 is 11.9 Å². The Morgan fingerprint density at radius 2 is 1.82 bits per heavy atom. The van der Waals surface area contributed by atoms with E-state index in [0.29, 0.717) is 6.42 Å². The van der Waals surface area contributed by atoms with Crippen LogP contribution in [0, 0.1) is 18.8 Å². The number of carbonyl (C=O) groups is 1. The Labute approximate surface area is 132 Å². The molecular formula is C21H20O. The molecule has 1 heteroatoms. The molecule has 0 aliphatic heterocycles. The van der Waals surface area contributed by atoms with Crippen LogP contribution in [0.3, 0.4) is 0 Å². The lowest BCUT2D eigenvalue weighted by Crippen LogP contribution is -1.95. The Morgan fingerprint density at radius 1 is 1.09 bits per heavy atom. The first kappa shape index (κ1) is 15.8. The van der Waals surface area contributed by atoms with Crippen molar-refractivity contribution < 1.29 is 4.79 Å². The minimum absolute atomic E-state index is 0.176. The van der Waals surface area contributed by atoms with Crippen molar-refractivity contribution in [2.24, 2.45) is 0 Å². The molecule has 0 saturated heterocycles. The van der Waals surface area contributed by atoms with Crippen LogP contribution in [0.15, 0.2) is 48.5 Å². The molecule has 0 spiro atoms. The van der Waals surface area contributed by atoms with E-state index in [2.05, 4.69) is 30.9 Å². The fraction of sp³-hybridized carbons (Fsp3) is 0.190. The van der Waals surface area contributed by atoms with Crippen LogP contribution < -0.4 is 0 Å². The van der Waals surface area contributed by atoms with Crippen LogP contribution in [0.1, 0.15) is 41.7 Å². The fourth-order valence-corrected chi connectivity index (χ4v) is 2.31. The second kappa shape index (κ2) is 7.43. The summed E-state index contributed by atoms with van der Waals surface area (Å²) in [7, 11) is 0. The lowest BCUT2D eigenvalue weighted by Gasteiger charge is -2.03. The van der Waals surface area contributed by atoms with Gasteiger partial charge in [0, 0.05) is 17.5 Å². The van der Waals surface area contributed by atoms with Crippen molar-refractivity contribution in [3.63, 3.8) is 0 Å². The zero-order valence-electron chi connectivity index (χ0n) is 13.3. The summed E-state index contributed by atoms with van der Waals surface area (Å²) in [5.41, 5.74) is 5.42. The van der Waals surface area contributed by atoms with Gasteiger partial charge in [-0.3, -0.25) is 4.79 Å². The third-order valence-electron chi connectivity index (χ3n) is 3.41. The average molecular weight is 288 g/mol. The molecule has 2 aromatic carbocycles. The Bertz CT molecular complexity index is 753. The first-order valence-corrected chi connectivity index (χ1v) is 7.43. The molecule has 2 aromatic rings. The molecular weight excluding hydrogens is 268 g/mol. The molecule has 0 fully saturated rings. The summed E-state index contributed by atoms with van der Waals surface area (Å²) >= 11 is 0. The summed E-state index contributed by atoms with van der Waals surface area (Å²) in [6.45, 7) is 5.71. The van der Waals surface area contributed by atoms with Gasteiger partial charge in [0.2, 0.25) is 0 Å². The summed E-state index contributed by atoms with van der Waals surface area (Å²) in [6, 6.07) is 14.0. The number of aryl methyl sites for hydroxylation is 1. The van der Waals surface area contributed by atoms with Gasteiger partial charge in [-0.2, -0.15) is 0 Å². The highest BCUT2D eigenvalue weighted by atomic mass is 16.1. The quantitative estimate of drug-likeness (QED) is 0.757. The van der Waals surface area contributed by atoms with Gasteiger partial charge < -0.3 is 0 Å². The van der Waals surface area contributed by atoms with E-state index >= 15 is 0 Å². The van der Waals surface area contributed by atoms with E-state index in [9.17, 15) is 4.79 Å². The third kappa shape index (κ3) is 4.20. The number of hydrogen-bond acceptors (Lipinski definition) is 1. The molecule has 0 radical (unpaired) electrons. The maximum Gasteiger partial charge on any atom is 0.134 e. The van der Waals surface area contributed by atoms with Crippen LogP contribution in [0.4, 0.5) is 0 Å². The zero-order valence-corrected chi connectivity index (χ0v) is 13.3. The summed E-state index contributed by atoms with van der Waals surface area (Å²) in [6.07, 6.45) is 4.61. The van der Waals surface area contributed by atoms with Crippen LogP contribution in [0.5, 0.6) is 0 Å². The highest BCUT2D eigenvalue weighted by molar-refractivity contribution is 5.78. The van der Waals surface area contributed by atoms with E-state index in [1.165, 1.54) is 11.1 Å². The summed E-state index contributed by atoms with van der Waals surface area (Å²) < 4.78 is 0.